The van der Waals surface area contributed by atoms with Gasteiger partial charge in [-0.05, 0) is 33.2 Å². The quantitative estimate of drug-likeness (QED) is 0.558. The minimum absolute atomic E-state index is 0.570. The van der Waals surface area contributed by atoms with Crippen LogP contribution in [-0.2, 0) is 0 Å². The molecule has 16 heavy (non-hydrogen) atoms. The Morgan fingerprint density at radius 2 is 2.25 bits per heavy atom. The first-order valence-corrected chi connectivity index (χ1v) is 6.33. The summed E-state index contributed by atoms with van der Waals surface area (Å²) in [5.41, 5.74) is 0. The van der Waals surface area contributed by atoms with Gasteiger partial charge >= 0.3 is 0 Å². The Balaban J connectivity index is 2.36. The fourth-order valence-electron chi connectivity index (χ4n) is 2.42. The molecular formula is C12H26N4. The Labute approximate surface area is 99.5 Å². The average molecular weight is 226 g/mol. The largest absolute Gasteiger partial charge is 0.359 e. The average Bonchev–Trinajstić information content (AvgIpc) is 2.30. The van der Waals surface area contributed by atoms with E-state index in [9.17, 15) is 0 Å². The molecule has 1 aliphatic rings. The summed E-state index contributed by atoms with van der Waals surface area (Å²) in [5.74, 6) is 0.872. The highest BCUT2D eigenvalue weighted by molar-refractivity contribution is 5.79. The molecule has 1 aliphatic heterocycles. The highest BCUT2D eigenvalue weighted by atomic mass is 15.2. The Bertz CT molecular complexity index is 227. The van der Waals surface area contributed by atoms with Gasteiger partial charge in [-0.15, -0.1) is 0 Å². The highest BCUT2D eigenvalue weighted by Crippen LogP contribution is 2.18. The van der Waals surface area contributed by atoms with Crippen molar-refractivity contribution in [2.24, 2.45) is 4.99 Å². The predicted molar refractivity (Wildman–Crippen MR) is 69.9 cm³/mol. The van der Waals surface area contributed by atoms with E-state index < -0.39 is 0 Å². The Morgan fingerprint density at radius 1 is 1.50 bits per heavy atom. The topological polar surface area (TPSA) is 39.7 Å². The lowest BCUT2D eigenvalue weighted by molar-refractivity contribution is 0.115. The van der Waals surface area contributed by atoms with E-state index in [1.807, 2.05) is 7.05 Å². The van der Waals surface area contributed by atoms with Crippen LogP contribution in [0.1, 0.15) is 33.1 Å². The molecule has 2 N–H and O–H groups in total. The van der Waals surface area contributed by atoms with E-state index >= 15 is 0 Å². The molecule has 0 saturated carbocycles. The van der Waals surface area contributed by atoms with Gasteiger partial charge in [0.15, 0.2) is 5.96 Å². The summed E-state index contributed by atoms with van der Waals surface area (Å²) in [6, 6.07) is 1.29. The van der Waals surface area contributed by atoms with Crippen LogP contribution >= 0.6 is 0 Å². The van der Waals surface area contributed by atoms with E-state index in [2.05, 4.69) is 34.4 Å². The van der Waals surface area contributed by atoms with Crippen molar-refractivity contribution in [3.8, 4) is 0 Å². The number of likely N-dealkylation sites (tertiary alicyclic amines) is 1. The van der Waals surface area contributed by atoms with E-state index in [0.717, 1.165) is 18.5 Å². The van der Waals surface area contributed by atoms with Crippen LogP contribution in [0, 0.1) is 0 Å². The Hall–Kier alpha value is -0.770. The van der Waals surface area contributed by atoms with Crippen LogP contribution in [0.2, 0.25) is 0 Å². The number of aliphatic imine (C=N–C) groups is 1. The van der Waals surface area contributed by atoms with Gasteiger partial charge in [-0.25, -0.2) is 0 Å². The van der Waals surface area contributed by atoms with Crippen molar-refractivity contribution in [3.63, 3.8) is 0 Å². The van der Waals surface area contributed by atoms with Crippen molar-refractivity contribution in [3.05, 3.63) is 0 Å². The van der Waals surface area contributed by atoms with E-state index in [1.54, 1.807) is 7.05 Å². The van der Waals surface area contributed by atoms with Gasteiger partial charge in [0, 0.05) is 32.7 Å². The third-order valence-electron chi connectivity index (χ3n) is 3.45. The molecular weight excluding hydrogens is 200 g/mol. The molecule has 0 radical (unpaired) electrons. The number of piperidine rings is 1. The maximum absolute atomic E-state index is 4.12. The zero-order valence-electron chi connectivity index (χ0n) is 11.1. The molecule has 0 amide bonds. The van der Waals surface area contributed by atoms with Crippen LogP contribution in [0.4, 0.5) is 0 Å². The number of nitrogens with zero attached hydrogens (tertiary/aromatic N) is 2. The van der Waals surface area contributed by atoms with Crippen LogP contribution in [0.15, 0.2) is 4.99 Å². The molecule has 1 saturated heterocycles. The Morgan fingerprint density at radius 3 is 2.81 bits per heavy atom. The second-order valence-electron chi connectivity index (χ2n) is 4.63. The summed E-state index contributed by atoms with van der Waals surface area (Å²) in [6.45, 7) is 6.82. The molecule has 1 rings (SSSR count). The number of rotatable bonds is 3. The fourth-order valence-corrected chi connectivity index (χ4v) is 2.42. The zero-order valence-corrected chi connectivity index (χ0v) is 11.1. The monoisotopic (exact) mass is 226 g/mol. The Kier molecular flexibility index (Phi) is 5.60. The van der Waals surface area contributed by atoms with Crippen molar-refractivity contribution in [2.75, 3.05) is 27.2 Å². The van der Waals surface area contributed by atoms with E-state index in [1.165, 1.54) is 25.8 Å². The highest BCUT2D eigenvalue weighted by Gasteiger charge is 2.22. The molecule has 1 heterocycles. The molecule has 4 nitrogen and oxygen atoms in total. The van der Waals surface area contributed by atoms with Crippen LogP contribution < -0.4 is 10.6 Å². The van der Waals surface area contributed by atoms with Crippen molar-refractivity contribution in [1.29, 1.82) is 0 Å². The lowest BCUT2D eigenvalue weighted by Gasteiger charge is -2.38. The second-order valence-corrected chi connectivity index (χ2v) is 4.63. The van der Waals surface area contributed by atoms with E-state index in [4.69, 9.17) is 0 Å². The van der Waals surface area contributed by atoms with Gasteiger partial charge in [-0.2, -0.15) is 0 Å². The summed E-state index contributed by atoms with van der Waals surface area (Å²) in [6.07, 6.45) is 4.07. The van der Waals surface area contributed by atoms with E-state index in [0.29, 0.717) is 6.04 Å². The summed E-state index contributed by atoms with van der Waals surface area (Å²) in [5, 5.41) is 6.38. The van der Waals surface area contributed by atoms with Crippen molar-refractivity contribution >= 4 is 5.96 Å². The SMILES string of the molecule is CN=C(NC)NCC(C)N1CCCCC1C. The molecule has 0 bridgehead atoms. The van der Waals surface area contributed by atoms with Gasteiger partial charge in [0.2, 0.25) is 0 Å². The van der Waals surface area contributed by atoms with Gasteiger partial charge in [-0.1, -0.05) is 6.42 Å². The first-order valence-electron chi connectivity index (χ1n) is 6.33. The molecule has 4 heteroatoms. The first-order chi connectivity index (χ1) is 7.69. The fraction of sp³-hybridized carbons (Fsp3) is 0.917. The first kappa shape index (κ1) is 13.3. The van der Waals surface area contributed by atoms with Crippen LogP contribution in [0.25, 0.3) is 0 Å². The standard InChI is InChI=1S/C12H26N4/c1-10-7-5-6-8-16(10)11(2)9-15-12(13-3)14-4/h10-11H,5-9H2,1-4H3,(H2,13,14,15). The third kappa shape index (κ3) is 3.67. The summed E-state index contributed by atoms with van der Waals surface area (Å²) < 4.78 is 0. The summed E-state index contributed by atoms with van der Waals surface area (Å²) in [4.78, 5) is 6.72. The van der Waals surface area contributed by atoms with Crippen molar-refractivity contribution in [1.82, 2.24) is 15.5 Å². The molecule has 2 unspecified atom stereocenters. The van der Waals surface area contributed by atoms with Gasteiger partial charge < -0.3 is 10.6 Å². The van der Waals surface area contributed by atoms with Gasteiger partial charge in [-0.3, -0.25) is 9.89 Å². The lowest BCUT2D eigenvalue weighted by atomic mass is 10.0. The van der Waals surface area contributed by atoms with Gasteiger partial charge in [0.05, 0.1) is 0 Å². The predicted octanol–water partition coefficient (Wildman–Crippen LogP) is 1.04. The smallest absolute Gasteiger partial charge is 0.190 e. The number of hydrogen-bond donors (Lipinski definition) is 2. The second kappa shape index (κ2) is 6.74. The van der Waals surface area contributed by atoms with Crippen molar-refractivity contribution in [2.45, 2.75) is 45.2 Å². The van der Waals surface area contributed by atoms with Crippen LogP contribution in [0.5, 0.6) is 0 Å². The van der Waals surface area contributed by atoms with Gasteiger partial charge in [0.1, 0.15) is 0 Å². The number of hydrogen-bond acceptors (Lipinski definition) is 2. The number of nitrogens with one attached hydrogen (secondary N) is 2. The minimum atomic E-state index is 0.570. The van der Waals surface area contributed by atoms with E-state index in [-0.39, 0.29) is 0 Å². The van der Waals surface area contributed by atoms with Crippen LogP contribution in [-0.4, -0.2) is 50.1 Å². The molecule has 94 valence electrons. The maximum atomic E-state index is 4.12. The molecule has 0 aliphatic carbocycles. The number of guanidine groups is 1. The normalized spacial score (nSPS) is 25.2. The summed E-state index contributed by atoms with van der Waals surface area (Å²) >= 11 is 0. The molecule has 0 spiro atoms. The minimum Gasteiger partial charge on any atom is -0.359 e. The van der Waals surface area contributed by atoms with Crippen LogP contribution in [0.3, 0.4) is 0 Å². The third-order valence-corrected chi connectivity index (χ3v) is 3.45. The molecule has 0 aromatic carbocycles. The lowest BCUT2D eigenvalue weighted by Crippen LogP contribution is -2.49. The maximum Gasteiger partial charge on any atom is 0.190 e. The molecule has 0 aromatic heterocycles. The molecule has 1 fully saturated rings. The summed E-state index contributed by atoms with van der Waals surface area (Å²) in [7, 11) is 3.69. The molecule has 2 atom stereocenters. The van der Waals surface area contributed by atoms with Crippen molar-refractivity contribution < 1.29 is 0 Å². The van der Waals surface area contributed by atoms with Gasteiger partial charge in [0.25, 0.3) is 0 Å². The molecule has 0 aromatic rings. The zero-order chi connectivity index (χ0) is 12.0.